The van der Waals surface area contributed by atoms with Gasteiger partial charge in [0.2, 0.25) is 0 Å². The fourth-order valence-corrected chi connectivity index (χ4v) is 2.20. The van der Waals surface area contributed by atoms with Crippen LogP contribution in [0.5, 0.6) is 0 Å². The average Bonchev–Trinajstić information content (AvgIpc) is 2.44. The van der Waals surface area contributed by atoms with Crippen LogP contribution in [0.15, 0.2) is 12.3 Å². The summed E-state index contributed by atoms with van der Waals surface area (Å²) in [6, 6.07) is 1.71. The van der Waals surface area contributed by atoms with Crippen molar-refractivity contribution in [2.75, 3.05) is 45.1 Å². The van der Waals surface area contributed by atoms with Crippen molar-refractivity contribution in [3.05, 3.63) is 23.5 Å². The molecule has 1 saturated heterocycles. The molecule has 1 aromatic heterocycles. The minimum atomic E-state index is -0.156. The lowest BCUT2D eigenvalue weighted by Crippen LogP contribution is -2.38. The minimum Gasteiger partial charge on any atom is -0.398 e. The molecule has 1 aliphatic rings. The van der Waals surface area contributed by atoms with Gasteiger partial charge in [-0.25, -0.2) is 0 Å². The molecule has 2 rings (SSSR count). The molecule has 110 valence electrons. The smallest absolute Gasteiger partial charge is 0.254 e. The molecule has 0 spiro atoms. The lowest BCUT2D eigenvalue weighted by molar-refractivity contribution is 0.0374. The molecule has 0 atom stereocenters. The molecule has 1 amide bonds. The number of carbonyl (C=O) groups excluding carboxylic acids is 1. The van der Waals surface area contributed by atoms with Crippen LogP contribution in [0, 0.1) is 6.92 Å². The molecule has 0 radical (unpaired) electrons. The summed E-state index contributed by atoms with van der Waals surface area (Å²) in [6.07, 6.45) is 2.45. The Bertz CT molecular complexity index is 458. The number of nitrogens with one attached hydrogen (secondary N) is 1. The number of nitrogens with zero attached hydrogens (tertiary/aromatic N) is 2. The van der Waals surface area contributed by atoms with Crippen LogP contribution in [0.4, 0.5) is 5.69 Å². The van der Waals surface area contributed by atoms with Crippen LogP contribution in [-0.4, -0.2) is 55.2 Å². The van der Waals surface area contributed by atoms with Crippen LogP contribution in [0.25, 0.3) is 0 Å². The van der Waals surface area contributed by atoms with Gasteiger partial charge in [0.25, 0.3) is 5.91 Å². The number of rotatable bonds is 5. The maximum atomic E-state index is 12.0. The van der Waals surface area contributed by atoms with Crippen molar-refractivity contribution in [2.24, 2.45) is 0 Å². The van der Waals surface area contributed by atoms with Crippen molar-refractivity contribution in [3.8, 4) is 0 Å². The molecule has 1 aromatic rings. The molecule has 20 heavy (non-hydrogen) atoms. The molecule has 6 nitrogen and oxygen atoms in total. The maximum Gasteiger partial charge on any atom is 0.254 e. The molecular formula is C14H22N4O2. The first-order valence-electron chi connectivity index (χ1n) is 6.97. The molecule has 0 unspecified atom stereocenters. The summed E-state index contributed by atoms with van der Waals surface area (Å²) >= 11 is 0. The summed E-state index contributed by atoms with van der Waals surface area (Å²) in [6.45, 7) is 7.02. The van der Waals surface area contributed by atoms with Crippen LogP contribution in [0.2, 0.25) is 0 Å². The number of amides is 1. The molecule has 0 bridgehead atoms. The third-order valence-electron chi connectivity index (χ3n) is 3.36. The summed E-state index contributed by atoms with van der Waals surface area (Å²) < 4.78 is 5.29. The molecule has 0 aliphatic carbocycles. The number of hydrogen-bond acceptors (Lipinski definition) is 5. The first-order valence-corrected chi connectivity index (χ1v) is 6.97. The lowest BCUT2D eigenvalue weighted by atomic mass is 10.2. The van der Waals surface area contributed by atoms with Gasteiger partial charge in [0.05, 0.1) is 18.8 Å². The van der Waals surface area contributed by atoms with Gasteiger partial charge < -0.3 is 15.8 Å². The van der Waals surface area contributed by atoms with Crippen molar-refractivity contribution in [1.29, 1.82) is 0 Å². The zero-order chi connectivity index (χ0) is 14.4. The van der Waals surface area contributed by atoms with Gasteiger partial charge >= 0.3 is 0 Å². The molecule has 0 saturated carbocycles. The van der Waals surface area contributed by atoms with Gasteiger partial charge in [0, 0.05) is 37.2 Å². The van der Waals surface area contributed by atoms with Crippen molar-refractivity contribution >= 4 is 11.6 Å². The first-order chi connectivity index (χ1) is 9.66. The second-order valence-corrected chi connectivity index (χ2v) is 4.98. The standard InChI is InChI=1S/C14H22N4O2/c1-11-9-13(15)12(10-17-11)14(19)16-3-2-4-18-5-7-20-8-6-18/h9-10H,2-8H2,1H3,(H2,15,17)(H,16,19). The normalized spacial score (nSPS) is 16.1. The number of aryl methyl sites for hydroxylation is 1. The van der Waals surface area contributed by atoms with E-state index in [0.717, 1.165) is 45.0 Å². The Hall–Kier alpha value is -1.66. The predicted octanol–water partition coefficient (Wildman–Crippen LogP) is 0.424. The number of carbonyl (C=O) groups is 1. The fourth-order valence-electron chi connectivity index (χ4n) is 2.20. The van der Waals surface area contributed by atoms with E-state index >= 15 is 0 Å². The monoisotopic (exact) mass is 278 g/mol. The number of hydrogen-bond donors (Lipinski definition) is 2. The number of ether oxygens (including phenoxy) is 1. The SMILES string of the molecule is Cc1cc(N)c(C(=O)NCCCN2CCOCC2)cn1. The summed E-state index contributed by atoms with van der Waals surface area (Å²) in [5, 5.41) is 2.88. The Kier molecular flexibility index (Phi) is 5.31. The summed E-state index contributed by atoms with van der Waals surface area (Å²) in [4.78, 5) is 18.4. The highest BCUT2D eigenvalue weighted by Gasteiger charge is 2.11. The molecule has 0 aromatic carbocycles. The largest absolute Gasteiger partial charge is 0.398 e. The molecule has 2 heterocycles. The number of aromatic nitrogens is 1. The minimum absolute atomic E-state index is 0.156. The number of anilines is 1. The Labute approximate surface area is 119 Å². The second kappa shape index (κ2) is 7.21. The zero-order valence-corrected chi connectivity index (χ0v) is 11.9. The fraction of sp³-hybridized carbons (Fsp3) is 0.571. The number of morpholine rings is 1. The van der Waals surface area contributed by atoms with E-state index in [1.807, 2.05) is 6.92 Å². The molecule has 1 aliphatic heterocycles. The van der Waals surface area contributed by atoms with E-state index in [-0.39, 0.29) is 5.91 Å². The van der Waals surface area contributed by atoms with Crippen LogP contribution in [0.3, 0.4) is 0 Å². The van der Waals surface area contributed by atoms with E-state index in [2.05, 4.69) is 15.2 Å². The molecular weight excluding hydrogens is 256 g/mol. The number of nitrogen functional groups attached to an aromatic ring is 1. The van der Waals surface area contributed by atoms with Crippen LogP contribution < -0.4 is 11.1 Å². The highest BCUT2D eigenvalue weighted by atomic mass is 16.5. The second-order valence-electron chi connectivity index (χ2n) is 4.98. The molecule has 3 N–H and O–H groups in total. The van der Waals surface area contributed by atoms with E-state index in [9.17, 15) is 4.79 Å². The van der Waals surface area contributed by atoms with Crippen LogP contribution in [0.1, 0.15) is 22.5 Å². The highest BCUT2D eigenvalue weighted by molar-refractivity contribution is 5.98. The van der Waals surface area contributed by atoms with E-state index in [1.54, 1.807) is 6.07 Å². The van der Waals surface area contributed by atoms with Gasteiger partial charge in [-0.2, -0.15) is 0 Å². The Morgan fingerprint density at radius 2 is 2.25 bits per heavy atom. The summed E-state index contributed by atoms with van der Waals surface area (Å²) in [7, 11) is 0. The zero-order valence-electron chi connectivity index (χ0n) is 11.9. The van der Waals surface area contributed by atoms with Crippen molar-refractivity contribution in [3.63, 3.8) is 0 Å². The van der Waals surface area contributed by atoms with Crippen molar-refractivity contribution < 1.29 is 9.53 Å². The van der Waals surface area contributed by atoms with Gasteiger partial charge in [-0.15, -0.1) is 0 Å². The van der Waals surface area contributed by atoms with Gasteiger partial charge in [0.15, 0.2) is 0 Å². The first kappa shape index (κ1) is 14.7. The van der Waals surface area contributed by atoms with Crippen molar-refractivity contribution in [1.82, 2.24) is 15.2 Å². The molecule has 1 fully saturated rings. The van der Waals surface area contributed by atoms with Crippen LogP contribution >= 0.6 is 0 Å². The summed E-state index contributed by atoms with van der Waals surface area (Å²) in [5.41, 5.74) is 7.55. The quantitative estimate of drug-likeness (QED) is 0.763. The molecule has 6 heteroatoms. The van der Waals surface area contributed by atoms with E-state index in [4.69, 9.17) is 10.5 Å². The maximum absolute atomic E-state index is 12.0. The summed E-state index contributed by atoms with van der Waals surface area (Å²) in [5.74, 6) is -0.156. The average molecular weight is 278 g/mol. The Morgan fingerprint density at radius 3 is 2.95 bits per heavy atom. The van der Waals surface area contributed by atoms with Gasteiger partial charge in [-0.3, -0.25) is 14.7 Å². The van der Waals surface area contributed by atoms with E-state index < -0.39 is 0 Å². The topological polar surface area (TPSA) is 80.5 Å². The number of pyridine rings is 1. The third-order valence-corrected chi connectivity index (χ3v) is 3.36. The van der Waals surface area contributed by atoms with Gasteiger partial charge in [0.1, 0.15) is 0 Å². The predicted molar refractivity (Wildman–Crippen MR) is 77.6 cm³/mol. The van der Waals surface area contributed by atoms with E-state index in [0.29, 0.717) is 17.8 Å². The van der Waals surface area contributed by atoms with E-state index in [1.165, 1.54) is 6.20 Å². The third kappa shape index (κ3) is 4.18. The van der Waals surface area contributed by atoms with Gasteiger partial charge in [-0.1, -0.05) is 0 Å². The lowest BCUT2D eigenvalue weighted by Gasteiger charge is -2.26. The van der Waals surface area contributed by atoms with Gasteiger partial charge in [-0.05, 0) is 26.0 Å². The Balaban J connectivity index is 1.72. The Morgan fingerprint density at radius 1 is 1.50 bits per heavy atom. The van der Waals surface area contributed by atoms with Crippen LogP contribution in [-0.2, 0) is 4.74 Å². The number of nitrogens with two attached hydrogens (primary N) is 1. The highest BCUT2D eigenvalue weighted by Crippen LogP contribution is 2.10. The van der Waals surface area contributed by atoms with Crippen molar-refractivity contribution in [2.45, 2.75) is 13.3 Å².